The number of hydrogen-bond donors (Lipinski definition) is 1. The van der Waals surface area contributed by atoms with Gasteiger partial charge in [-0.2, -0.15) is 0 Å². The molecule has 1 aliphatic heterocycles. The average Bonchev–Trinajstić information content (AvgIpc) is 2.58. The predicted molar refractivity (Wildman–Crippen MR) is 88.1 cm³/mol. The maximum absolute atomic E-state index is 12.5. The Bertz CT molecular complexity index is 673. The molecule has 1 heterocycles. The molecule has 2 fully saturated rings. The smallest absolute Gasteiger partial charge is 0.338 e. The van der Waals surface area contributed by atoms with Crippen molar-refractivity contribution in [1.29, 1.82) is 0 Å². The molecule has 0 amide bonds. The van der Waals surface area contributed by atoms with Gasteiger partial charge in [0.15, 0.2) is 0 Å². The first-order chi connectivity index (χ1) is 11.4. The first-order valence-electron chi connectivity index (χ1n) is 8.15. The van der Waals surface area contributed by atoms with E-state index in [-0.39, 0.29) is 34.8 Å². The highest BCUT2D eigenvalue weighted by Crippen LogP contribution is 2.53. The molecule has 7 nitrogen and oxygen atoms in total. The SMILES string of the molecule is CNc1ccc(C(=O)O[C@@H]2[C@@H]3CCCO[C@H]3C2(C)C)cc1[N+](=O)[O-]. The first kappa shape index (κ1) is 16.7. The number of carbonyl (C=O) groups excluding carboxylic acids is 1. The standard InChI is InChI=1S/C17H22N2O5/c1-17(2)14-11(5-4-8-23-14)15(17)24-16(20)10-6-7-12(18-3)13(9-10)19(21)22/h6-7,9,11,14-15,18H,4-5,8H2,1-3H3/t11-,14-,15-/m1/s1. The maximum Gasteiger partial charge on any atom is 0.338 e. The molecule has 0 spiro atoms. The van der Waals surface area contributed by atoms with E-state index in [0.29, 0.717) is 5.69 Å². The molecule has 0 bridgehead atoms. The minimum absolute atomic E-state index is 0.116. The summed E-state index contributed by atoms with van der Waals surface area (Å²) in [7, 11) is 1.60. The van der Waals surface area contributed by atoms with Crippen molar-refractivity contribution in [1.82, 2.24) is 0 Å². The molecule has 1 aliphatic carbocycles. The Morgan fingerprint density at radius 1 is 1.46 bits per heavy atom. The lowest BCUT2D eigenvalue weighted by molar-refractivity contribution is -0.384. The summed E-state index contributed by atoms with van der Waals surface area (Å²) in [6.07, 6.45) is 1.83. The largest absolute Gasteiger partial charge is 0.458 e. The van der Waals surface area contributed by atoms with Crippen molar-refractivity contribution < 1.29 is 19.2 Å². The number of rotatable bonds is 4. The summed E-state index contributed by atoms with van der Waals surface area (Å²) < 4.78 is 11.5. The number of fused-ring (bicyclic) bond motifs is 1. The van der Waals surface area contributed by atoms with Crippen LogP contribution in [0.2, 0.25) is 0 Å². The number of anilines is 1. The molecule has 1 saturated heterocycles. The summed E-state index contributed by atoms with van der Waals surface area (Å²) >= 11 is 0. The van der Waals surface area contributed by atoms with Crippen LogP contribution in [0.1, 0.15) is 37.0 Å². The third-order valence-electron chi connectivity index (χ3n) is 5.16. The summed E-state index contributed by atoms with van der Waals surface area (Å²) in [4.78, 5) is 23.1. The van der Waals surface area contributed by atoms with E-state index in [2.05, 4.69) is 5.32 Å². The van der Waals surface area contributed by atoms with Gasteiger partial charge >= 0.3 is 5.97 Å². The molecule has 130 valence electrons. The van der Waals surface area contributed by atoms with Crippen LogP contribution >= 0.6 is 0 Å². The van der Waals surface area contributed by atoms with Gasteiger partial charge in [-0.25, -0.2) is 4.79 Å². The van der Waals surface area contributed by atoms with E-state index in [0.717, 1.165) is 19.4 Å². The summed E-state index contributed by atoms with van der Waals surface area (Å²) in [6, 6.07) is 4.32. The lowest BCUT2D eigenvalue weighted by Gasteiger charge is -2.58. The minimum Gasteiger partial charge on any atom is -0.458 e. The Labute approximate surface area is 140 Å². The fourth-order valence-electron chi connectivity index (χ4n) is 3.92. The highest BCUT2D eigenvalue weighted by Gasteiger charge is 2.60. The van der Waals surface area contributed by atoms with Gasteiger partial charge in [0.05, 0.1) is 16.6 Å². The van der Waals surface area contributed by atoms with E-state index in [1.54, 1.807) is 13.1 Å². The maximum atomic E-state index is 12.5. The van der Waals surface area contributed by atoms with E-state index in [1.807, 2.05) is 13.8 Å². The molecule has 3 rings (SSSR count). The zero-order valence-electron chi connectivity index (χ0n) is 14.1. The molecule has 0 radical (unpaired) electrons. The third-order valence-corrected chi connectivity index (χ3v) is 5.16. The van der Waals surface area contributed by atoms with E-state index in [9.17, 15) is 14.9 Å². The lowest BCUT2D eigenvalue weighted by atomic mass is 9.57. The fraction of sp³-hybridized carbons (Fsp3) is 0.588. The zero-order valence-corrected chi connectivity index (χ0v) is 14.1. The molecule has 0 unspecified atom stereocenters. The Kier molecular flexibility index (Phi) is 4.21. The van der Waals surface area contributed by atoms with Gasteiger partial charge in [0.2, 0.25) is 0 Å². The van der Waals surface area contributed by atoms with Crippen LogP contribution < -0.4 is 5.32 Å². The van der Waals surface area contributed by atoms with Crippen LogP contribution in [0.25, 0.3) is 0 Å². The monoisotopic (exact) mass is 334 g/mol. The van der Waals surface area contributed by atoms with Gasteiger partial charge in [-0.3, -0.25) is 10.1 Å². The average molecular weight is 334 g/mol. The van der Waals surface area contributed by atoms with Gasteiger partial charge < -0.3 is 14.8 Å². The summed E-state index contributed by atoms with van der Waals surface area (Å²) in [5, 5.41) is 13.9. The minimum atomic E-state index is -0.525. The fourth-order valence-corrected chi connectivity index (χ4v) is 3.92. The number of esters is 1. The van der Waals surface area contributed by atoms with Crippen LogP contribution in [0.15, 0.2) is 18.2 Å². The summed E-state index contributed by atoms with van der Waals surface area (Å²) in [5.74, 6) is -0.313. The number of carbonyl (C=O) groups is 1. The molecule has 1 saturated carbocycles. The van der Waals surface area contributed by atoms with E-state index in [1.165, 1.54) is 12.1 Å². The van der Waals surface area contributed by atoms with E-state index >= 15 is 0 Å². The Balaban J connectivity index is 1.78. The highest BCUT2D eigenvalue weighted by atomic mass is 16.6. The van der Waals surface area contributed by atoms with Gasteiger partial charge in [0, 0.05) is 31.1 Å². The number of hydrogen-bond acceptors (Lipinski definition) is 6. The topological polar surface area (TPSA) is 90.7 Å². The molecule has 1 aromatic carbocycles. The second kappa shape index (κ2) is 6.05. The second-order valence-corrected chi connectivity index (χ2v) is 6.98. The van der Waals surface area contributed by atoms with Crippen molar-refractivity contribution in [2.24, 2.45) is 11.3 Å². The Morgan fingerprint density at radius 3 is 2.88 bits per heavy atom. The molecular formula is C17H22N2O5. The van der Waals surface area contributed by atoms with Crippen LogP contribution in [-0.4, -0.2) is 36.8 Å². The van der Waals surface area contributed by atoms with Gasteiger partial charge in [-0.05, 0) is 25.0 Å². The molecule has 2 aliphatic rings. The van der Waals surface area contributed by atoms with Crippen LogP contribution in [0.4, 0.5) is 11.4 Å². The molecule has 7 heteroatoms. The Morgan fingerprint density at radius 2 is 2.21 bits per heavy atom. The molecule has 3 atom stereocenters. The summed E-state index contributed by atoms with van der Waals surface area (Å²) in [5.41, 5.74) is 0.175. The van der Waals surface area contributed by atoms with Gasteiger partial charge in [-0.15, -0.1) is 0 Å². The lowest BCUT2D eigenvalue weighted by Crippen LogP contribution is -2.65. The van der Waals surface area contributed by atoms with Gasteiger partial charge in [-0.1, -0.05) is 13.8 Å². The van der Waals surface area contributed by atoms with Crippen molar-refractivity contribution in [3.05, 3.63) is 33.9 Å². The van der Waals surface area contributed by atoms with Crippen LogP contribution in [0, 0.1) is 21.4 Å². The van der Waals surface area contributed by atoms with Crippen LogP contribution in [0.5, 0.6) is 0 Å². The number of ether oxygens (including phenoxy) is 2. The quantitative estimate of drug-likeness (QED) is 0.517. The molecular weight excluding hydrogens is 312 g/mol. The summed E-state index contributed by atoms with van der Waals surface area (Å²) in [6.45, 7) is 4.82. The van der Waals surface area contributed by atoms with Crippen molar-refractivity contribution in [2.45, 2.75) is 38.9 Å². The van der Waals surface area contributed by atoms with Crippen molar-refractivity contribution >= 4 is 17.3 Å². The van der Waals surface area contributed by atoms with Crippen molar-refractivity contribution in [3.63, 3.8) is 0 Å². The number of nitrogens with one attached hydrogen (secondary N) is 1. The molecule has 1 aromatic rings. The van der Waals surface area contributed by atoms with Gasteiger partial charge in [0.25, 0.3) is 5.69 Å². The van der Waals surface area contributed by atoms with Gasteiger partial charge in [0.1, 0.15) is 11.8 Å². The number of benzene rings is 1. The molecule has 0 aromatic heterocycles. The number of nitro benzene ring substituents is 1. The molecule has 1 N–H and O–H groups in total. The highest BCUT2D eigenvalue weighted by molar-refractivity contribution is 5.91. The normalized spacial score (nSPS) is 27.5. The van der Waals surface area contributed by atoms with Crippen LogP contribution in [0.3, 0.4) is 0 Å². The Hall–Kier alpha value is -2.15. The van der Waals surface area contributed by atoms with E-state index in [4.69, 9.17) is 9.47 Å². The number of nitro groups is 1. The first-order valence-corrected chi connectivity index (χ1v) is 8.15. The third kappa shape index (κ3) is 2.62. The van der Waals surface area contributed by atoms with Crippen molar-refractivity contribution in [2.75, 3.05) is 19.0 Å². The zero-order chi connectivity index (χ0) is 17.5. The van der Waals surface area contributed by atoms with Crippen molar-refractivity contribution in [3.8, 4) is 0 Å². The number of nitrogens with zero attached hydrogens (tertiary/aromatic N) is 1. The predicted octanol–water partition coefficient (Wildman–Crippen LogP) is 3.00. The van der Waals surface area contributed by atoms with Crippen LogP contribution in [-0.2, 0) is 9.47 Å². The second-order valence-electron chi connectivity index (χ2n) is 6.98. The van der Waals surface area contributed by atoms with E-state index < -0.39 is 10.9 Å². The molecule has 24 heavy (non-hydrogen) atoms.